The zero-order valence-corrected chi connectivity index (χ0v) is 14.9. The van der Waals surface area contributed by atoms with Crippen LogP contribution in [0.1, 0.15) is 6.42 Å². The molecule has 3 rings (SSSR count). The van der Waals surface area contributed by atoms with E-state index in [9.17, 15) is 9.59 Å². The maximum atomic E-state index is 12.2. The Kier molecular flexibility index (Phi) is 5.75. The van der Waals surface area contributed by atoms with Crippen LogP contribution in [0.4, 0.5) is 11.4 Å². The molecule has 8 heteroatoms. The van der Waals surface area contributed by atoms with E-state index < -0.39 is 5.25 Å². The van der Waals surface area contributed by atoms with Gasteiger partial charge in [0, 0.05) is 18.2 Å². The number of ether oxygens (including phenoxy) is 1. The molecule has 1 aliphatic rings. The van der Waals surface area contributed by atoms with Gasteiger partial charge in [-0.25, -0.2) is 0 Å². The van der Waals surface area contributed by atoms with E-state index in [2.05, 4.69) is 21.2 Å². The third kappa shape index (κ3) is 4.76. The Morgan fingerprint density at radius 3 is 2.73 bits per heavy atom. The van der Waals surface area contributed by atoms with Crippen molar-refractivity contribution in [3.05, 3.63) is 54.6 Å². The second-order valence-corrected chi connectivity index (χ2v) is 6.67. The molecule has 1 aliphatic heterocycles. The fraction of sp³-hybridized carbons (Fsp3) is 0.167. The molecular weight excluding hydrogens is 352 g/mol. The van der Waals surface area contributed by atoms with Crippen molar-refractivity contribution in [2.24, 2.45) is 5.10 Å². The van der Waals surface area contributed by atoms with Crippen molar-refractivity contribution >= 4 is 40.1 Å². The molecule has 1 heterocycles. The first-order valence-corrected chi connectivity index (χ1v) is 8.82. The van der Waals surface area contributed by atoms with Crippen LogP contribution in [0.3, 0.4) is 0 Å². The molecule has 0 bridgehead atoms. The number of para-hydroxylation sites is 1. The number of amidine groups is 1. The zero-order valence-electron chi connectivity index (χ0n) is 14.1. The van der Waals surface area contributed by atoms with E-state index in [1.54, 1.807) is 31.4 Å². The summed E-state index contributed by atoms with van der Waals surface area (Å²) in [5.41, 5.74) is 4.31. The van der Waals surface area contributed by atoms with Crippen molar-refractivity contribution in [2.75, 3.05) is 17.9 Å². The minimum absolute atomic E-state index is 0.0536. The molecule has 2 amide bonds. The predicted molar refractivity (Wildman–Crippen MR) is 103 cm³/mol. The monoisotopic (exact) mass is 370 g/mol. The molecule has 1 fully saturated rings. The molecular formula is C18H18N4O3S. The number of carbonyl (C=O) groups excluding carboxylic acids is 2. The molecule has 0 radical (unpaired) electrons. The highest BCUT2D eigenvalue weighted by Gasteiger charge is 2.32. The summed E-state index contributed by atoms with van der Waals surface area (Å²) >= 11 is 1.23. The van der Waals surface area contributed by atoms with Crippen LogP contribution in [0.25, 0.3) is 0 Å². The Bertz CT molecular complexity index is 826. The number of amides is 2. The lowest BCUT2D eigenvalue weighted by Gasteiger charge is -2.08. The summed E-state index contributed by atoms with van der Waals surface area (Å²) in [7, 11) is 1.56. The highest BCUT2D eigenvalue weighted by atomic mass is 32.2. The van der Waals surface area contributed by atoms with E-state index in [4.69, 9.17) is 4.74 Å². The number of methoxy groups -OCH3 is 1. The van der Waals surface area contributed by atoms with Gasteiger partial charge in [0.1, 0.15) is 11.0 Å². The Hall–Kier alpha value is -3.00. The average molecular weight is 370 g/mol. The minimum atomic E-state index is -0.517. The highest BCUT2D eigenvalue weighted by Crippen LogP contribution is 2.24. The number of anilines is 2. The van der Waals surface area contributed by atoms with E-state index in [1.165, 1.54) is 11.8 Å². The molecule has 7 nitrogen and oxygen atoms in total. The van der Waals surface area contributed by atoms with Gasteiger partial charge in [-0.3, -0.25) is 15.0 Å². The second-order valence-electron chi connectivity index (χ2n) is 5.47. The lowest BCUT2D eigenvalue weighted by atomic mass is 10.2. The number of nitrogens with zero attached hydrogens (tertiary/aromatic N) is 1. The molecule has 134 valence electrons. The van der Waals surface area contributed by atoms with Gasteiger partial charge in [-0.15, -0.1) is 5.10 Å². The van der Waals surface area contributed by atoms with E-state index in [0.717, 1.165) is 5.69 Å². The summed E-state index contributed by atoms with van der Waals surface area (Å²) in [5.74, 6) is 0.171. The number of thioether (sulfide) groups is 1. The highest BCUT2D eigenvalue weighted by molar-refractivity contribution is 8.15. The molecule has 1 saturated heterocycles. The smallest absolute Gasteiger partial charge is 0.240 e. The maximum absolute atomic E-state index is 12.2. The quantitative estimate of drug-likeness (QED) is 0.680. The van der Waals surface area contributed by atoms with Gasteiger partial charge in [0.15, 0.2) is 5.17 Å². The van der Waals surface area contributed by atoms with Crippen LogP contribution in [0.5, 0.6) is 5.75 Å². The van der Waals surface area contributed by atoms with Gasteiger partial charge in [-0.1, -0.05) is 36.0 Å². The first-order valence-electron chi connectivity index (χ1n) is 7.94. The fourth-order valence-electron chi connectivity index (χ4n) is 2.30. The summed E-state index contributed by atoms with van der Waals surface area (Å²) in [6, 6.07) is 16.5. The number of hydrogen-bond donors (Lipinski definition) is 3. The molecule has 2 aromatic carbocycles. The number of hydrazone groups is 1. The SMILES string of the molecule is COc1cccc(NC(=O)C[C@H]2S/C(=N/Nc3ccccc3)NC2=O)c1. The molecule has 2 aromatic rings. The van der Waals surface area contributed by atoms with Crippen molar-refractivity contribution in [3.8, 4) is 5.75 Å². The van der Waals surface area contributed by atoms with Gasteiger partial charge in [-0.2, -0.15) is 0 Å². The van der Waals surface area contributed by atoms with Crippen molar-refractivity contribution in [2.45, 2.75) is 11.7 Å². The molecule has 0 aromatic heterocycles. The van der Waals surface area contributed by atoms with E-state index in [0.29, 0.717) is 16.6 Å². The number of nitrogens with one attached hydrogen (secondary N) is 3. The van der Waals surface area contributed by atoms with Gasteiger partial charge in [0.2, 0.25) is 11.8 Å². The third-order valence-electron chi connectivity index (χ3n) is 3.56. The molecule has 1 atom stereocenters. The molecule has 0 unspecified atom stereocenters. The Labute approximate surface area is 155 Å². The van der Waals surface area contributed by atoms with Crippen LogP contribution < -0.4 is 20.8 Å². The number of benzene rings is 2. The minimum Gasteiger partial charge on any atom is -0.497 e. The van der Waals surface area contributed by atoms with Crippen LogP contribution in [0.2, 0.25) is 0 Å². The fourth-order valence-corrected chi connectivity index (χ4v) is 3.23. The number of rotatable bonds is 6. The van der Waals surface area contributed by atoms with Crippen molar-refractivity contribution in [1.29, 1.82) is 0 Å². The summed E-state index contributed by atoms with van der Waals surface area (Å²) in [5, 5.41) is 9.53. The van der Waals surface area contributed by atoms with Crippen molar-refractivity contribution < 1.29 is 14.3 Å². The van der Waals surface area contributed by atoms with Gasteiger partial charge < -0.3 is 15.4 Å². The maximum Gasteiger partial charge on any atom is 0.240 e. The summed E-state index contributed by atoms with van der Waals surface area (Å²) < 4.78 is 5.12. The van der Waals surface area contributed by atoms with E-state index in [1.807, 2.05) is 30.3 Å². The van der Waals surface area contributed by atoms with Gasteiger partial charge in [0.05, 0.1) is 12.8 Å². The largest absolute Gasteiger partial charge is 0.497 e. The molecule has 26 heavy (non-hydrogen) atoms. The Morgan fingerprint density at radius 1 is 1.19 bits per heavy atom. The third-order valence-corrected chi connectivity index (χ3v) is 4.64. The zero-order chi connectivity index (χ0) is 18.4. The lowest BCUT2D eigenvalue weighted by molar-refractivity contribution is -0.122. The molecule has 3 N–H and O–H groups in total. The summed E-state index contributed by atoms with van der Waals surface area (Å²) in [6.45, 7) is 0. The van der Waals surface area contributed by atoms with Crippen LogP contribution in [-0.4, -0.2) is 29.3 Å². The van der Waals surface area contributed by atoms with Crippen LogP contribution >= 0.6 is 11.8 Å². The number of hydrogen-bond acceptors (Lipinski definition) is 6. The normalized spacial score (nSPS) is 17.7. The molecule has 0 saturated carbocycles. The van der Waals surface area contributed by atoms with E-state index >= 15 is 0 Å². The predicted octanol–water partition coefficient (Wildman–Crippen LogP) is 2.64. The first-order chi connectivity index (χ1) is 12.6. The number of carbonyl (C=O) groups is 2. The molecule has 0 spiro atoms. The Morgan fingerprint density at radius 2 is 1.96 bits per heavy atom. The van der Waals surface area contributed by atoms with Crippen molar-refractivity contribution in [1.82, 2.24) is 5.32 Å². The first kappa shape index (κ1) is 17.8. The summed E-state index contributed by atoms with van der Waals surface area (Å²) in [6.07, 6.45) is 0.0536. The van der Waals surface area contributed by atoms with Crippen LogP contribution in [0.15, 0.2) is 59.7 Å². The Balaban J connectivity index is 1.54. The van der Waals surface area contributed by atoms with Crippen molar-refractivity contribution in [3.63, 3.8) is 0 Å². The summed E-state index contributed by atoms with van der Waals surface area (Å²) in [4.78, 5) is 24.2. The van der Waals surface area contributed by atoms with E-state index in [-0.39, 0.29) is 18.2 Å². The van der Waals surface area contributed by atoms with Gasteiger partial charge in [-0.05, 0) is 24.3 Å². The van der Waals surface area contributed by atoms with Gasteiger partial charge >= 0.3 is 0 Å². The van der Waals surface area contributed by atoms with Crippen LogP contribution in [-0.2, 0) is 9.59 Å². The van der Waals surface area contributed by atoms with Gasteiger partial charge in [0.25, 0.3) is 0 Å². The van der Waals surface area contributed by atoms with Crippen LogP contribution in [0, 0.1) is 0 Å². The second kappa shape index (κ2) is 8.39. The molecule has 0 aliphatic carbocycles. The topological polar surface area (TPSA) is 91.8 Å². The standard InChI is InChI=1S/C18H18N4O3S/c1-25-14-9-5-8-13(10-14)19-16(23)11-15-17(24)20-18(26-15)22-21-12-6-3-2-4-7-12/h2-10,15,21H,11H2,1H3,(H,19,23)(H,20,22,24)/t15-/m1/s1. The average Bonchev–Trinajstić information content (AvgIpc) is 3.00. The lowest BCUT2D eigenvalue weighted by Crippen LogP contribution is -2.28.